The van der Waals surface area contributed by atoms with Crippen LogP contribution in [0, 0.1) is 6.92 Å². The van der Waals surface area contributed by atoms with Gasteiger partial charge >= 0.3 is 0 Å². The molecule has 0 radical (unpaired) electrons. The molecule has 0 aliphatic carbocycles. The van der Waals surface area contributed by atoms with Crippen LogP contribution < -0.4 is 0 Å². The summed E-state index contributed by atoms with van der Waals surface area (Å²) in [5.41, 5.74) is 5.02. The molecule has 0 bridgehead atoms. The Morgan fingerprint density at radius 2 is 1.97 bits per heavy atom. The Bertz CT molecular complexity index is 1310. The number of ether oxygens (including phenoxy) is 1. The van der Waals surface area contributed by atoms with Crippen molar-refractivity contribution < 1.29 is 13.9 Å². The van der Waals surface area contributed by atoms with Crippen molar-refractivity contribution in [3.8, 4) is 0 Å². The van der Waals surface area contributed by atoms with Crippen molar-refractivity contribution in [1.82, 2.24) is 14.6 Å². The molecule has 1 aliphatic heterocycles. The lowest BCUT2D eigenvalue weighted by molar-refractivity contribution is -0.130. The zero-order valence-corrected chi connectivity index (χ0v) is 20.0. The monoisotopic (exact) mass is 474 g/mol. The maximum Gasteiger partial charge on any atom is 0.253 e. The van der Waals surface area contributed by atoms with Crippen LogP contribution in [0.25, 0.3) is 11.0 Å². The number of rotatable bonds is 8. The van der Waals surface area contributed by atoms with Crippen LogP contribution in [0.15, 0.2) is 81.6 Å². The molecule has 1 unspecified atom stereocenters. The van der Waals surface area contributed by atoms with Gasteiger partial charge in [-0.2, -0.15) is 5.10 Å². The van der Waals surface area contributed by atoms with Gasteiger partial charge in [0.2, 0.25) is 0 Å². The molecule has 7 nitrogen and oxygen atoms in total. The summed E-state index contributed by atoms with van der Waals surface area (Å²) in [6.45, 7) is 3.29. The van der Waals surface area contributed by atoms with Gasteiger partial charge in [0.05, 0.1) is 35.4 Å². The van der Waals surface area contributed by atoms with E-state index < -0.39 is 0 Å². The number of nitrogens with zero attached hydrogens (tertiary/aromatic N) is 4. The van der Waals surface area contributed by atoms with Crippen LogP contribution in [0.1, 0.15) is 29.3 Å². The minimum atomic E-state index is -0.258. The van der Waals surface area contributed by atoms with Gasteiger partial charge in [0.25, 0.3) is 5.91 Å². The maximum atomic E-state index is 13.4. The molecule has 0 saturated heterocycles. The topological polar surface area (TPSA) is 72.9 Å². The Morgan fingerprint density at radius 3 is 2.74 bits per heavy atom. The van der Waals surface area contributed by atoms with Gasteiger partial charge in [0, 0.05) is 20.1 Å². The lowest BCUT2D eigenvalue weighted by Gasteiger charge is -2.19. The Balaban J connectivity index is 1.38. The zero-order chi connectivity index (χ0) is 23.5. The van der Waals surface area contributed by atoms with Gasteiger partial charge in [0.1, 0.15) is 11.8 Å². The molecule has 2 aromatic heterocycles. The molecule has 1 amide bonds. The number of para-hydroxylation sites is 2. The van der Waals surface area contributed by atoms with Crippen molar-refractivity contribution in [2.24, 2.45) is 5.10 Å². The van der Waals surface area contributed by atoms with Crippen molar-refractivity contribution in [1.29, 1.82) is 0 Å². The molecule has 34 heavy (non-hydrogen) atoms. The number of hydrogen-bond acceptors (Lipinski definition) is 6. The first-order chi connectivity index (χ1) is 16.6. The number of methoxy groups -OCH3 is 1. The van der Waals surface area contributed by atoms with E-state index >= 15 is 0 Å². The first-order valence-electron chi connectivity index (χ1n) is 11.2. The largest absolute Gasteiger partial charge is 0.467 e. The van der Waals surface area contributed by atoms with Gasteiger partial charge in [-0.25, -0.2) is 9.99 Å². The van der Waals surface area contributed by atoms with E-state index in [0.717, 1.165) is 33.2 Å². The van der Waals surface area contributed by atoms with Crippen LogP contribution in [0.3, 0.4) is 0 Å². The number of carbonyl (C=O) groups excluding carboxylic acids is 1. The molecule has 0 saturated carbocycles. The number of aryl methyl sites for hydroxylation is 1. The highest BCUT2D eigenvalue weighted by Crippen LogP contribution is 2.34. The quantitative estimate of drug-likeness (QED) is 0.334. The van der Waals surface area contributed by atoms with Crippen molar-refractivity contribution in [3.63, 3.8) is 0 Å². The Hall–Kier alpha value is -3.36. The zero-order valence-electron chi connectivity index (χ0n) is 19.2. The predicted octanol–water partition coefficient (Wildman–Crippen LogP) is 5.05. The van der Waals surface area contributed by atoms with Gasteiger partial charge in [-0.05, 0) is 36.8 Å². The van der Waals surface area contributed by atoms with Crippen LogP contribution in [0.2, 0.25) is 0 Å². The van der Waals surface area contributed by atoms with Gasteiger partial charge in [-0.1, -0.05) is 53.7 Å². The molecule has 4 aromatic rings. The van der Waals surface area contributed by atoms with Crippen molar-refractivity contribution in [2.45, 2.75) is 31.1 Å². The molecule has 1 aliphatic rings. The van der Waals surface area contributed by atoms with Crippen LogP contribution >= 0.6 is 11.8 Å². The summed E-state index contributed by atoms with van der Waals surface area (Å²) < 4.78 is 13.0. The summed E-state index contributed by atoms with van der Waals surface area (Å²) in [5.74, 6) is 0.869. The SMILES string of the molecule is COCCn1c(SCC(=O)N2N=C(c3ccc(C)cc3)CC2c2ccco2)nc2ccccc21. The third kappa shape index (κ3) is 4.51. The number of imidazole rings is 1. The standard InChI is InChI=1S/C26H26N4O3S/c1-18-9-11-19(12-10-18)21-16-23(24-8-5-14-33-24)30(28-21)25(31)17-34-26-27-20-6-3-4-7-22(20)29(26)13-15-32-2/h3-12,14,23H,13,15-17H2,1-2H3. The maximum absolute atomic E-state index is 13.4. The first kappa shape index (κ1) is 22.4. The molecule has 0 fully saturated rings. The van der Waals surface area contributed by atoms with Crippen molar-refractivity contribution in [3.05, 3.63) is 83.8 Å². The smallest absolute Gasteiger partial charge is 0.253 e. The predicted molar refractivity (Wildman–Crippen MR) is 133 cm³/mol. The summed E-state index contributed by atoms with van der Waals surface area (Å²) >= 11 is 1.42. The molecule has 8 heteroatoms. The number of benzene rings is 2. The van der Waals surface area contributed by atoms with Crippen molar-refractivity contribution >= 4 is 34.4 Å². The Labute approximate surface area is 202 Å². The van der Waals surface area contributed by atoms with E-state index in [2.05, 4.69) is 23.6 Å². The molecule has 2 aromatic carbocycles. The molecule has 174 valence electrons. The van der Waals surface area contributed by atoms with Crippen LogP contribution in [-0.4, -0.2) is 45.6 Å². The fourth-order valence-corrected chi connectivity index (χ4v) is 5.01. The third-order valence-corrected chi connectivity index (χ3v) is 6.85. The van der Waals surface area contributed by atoms with Crippen LogP contribution in [-0.2, 0) is 16.1 Å². The fraction of sp³-hybridized carbons (Fsp3) is 0.269. The number of aromatic nitrogens is 2. The normalized spacial score (nSPS) is 15.8. The summed E-state index contributed by atoms with van der Waals surface area (Å²) in [6.07, 6.45) is 2.24. The molecule has 5 rings (SSSR count). The average molecular weight is 475 g/mol. The number of hydrazone groups is 1. The first-order valence-corrected chi connectivity index (χ1v) is 12.2. The molecule has 1 atom stereocenters. The highest BCUT2D eigenvalue weighted by Gasteiger charge is 2.35. The molecule has 0 N–H and O–H groups in total. The number of fused-ring (bicyclic) bond motifs is 1. The number of amides is 1. The van der Waals surface area contributed by atoms with Gasteiger partial charge in [-0.3, -0.25) is 4.79 Å². The van der Waals surface area contributed by atoms with E-state index in [4.69, 9.17) is 19.2 Å². The fourth-order valence-electron chi connectivity index (χ4n) is 4.12. The number of thioether (sulfide) groups is 1. The van der Waals surface area contributed by atoms with Gasteiger partial charge in [-0.15, -0.1) is 0 Å². The second kappa shape index (κ2) is 9.87. The van der Waals surface area contributed by atoms with E-state index in [1.54, 1.807) is 18.4 Å². The Kier molecular flexibility index (Phi) is 6.51. The number of carbonyl (C=O) groups is 1. The second-order valence-corrected chi connectivity index (χ2v) is 9.15. The number of hydrogen-bond donors (Lipinski definition) is 0. The minimum absolute atomic E-state index is 0.0844. The summed E-state index contributed by atoms with van der Waals surface area (Å²) in [4.78, 5) is 18.1. The van der Waals surface area contributed by atoms with E-state index in [-0.39, 0.29) is 17.7 Å². The van der Waals surface area contributed by atoms with Crippen molar-refractivity contribution in [2.75, 3.05) is 19.5 Å². The molecular formula is C26H26N4O3S. The van der Waals surface area contributed by atoms with Crippen LogP contribution in [0.5, 0.6) is 0 Å². The summed E-state index contributed by atoms with van der Waals surface area (Å²) in [7, 11) is 1.68. The van der Waals surface area contributed by atoms with Gasteiger partial charge in [0.15, 0.2) is 5.16 Å². The highest BCUT2D eigenvalue weighted by molar-refractivity contribution is 7.99. The number of furan rings is 1. The lowest BCUT2D eigenvalue weighted by Crippen LogP contribution is -2.28. The lowest BCUT2D eigenvalue weighted by atomic mass is 10.0. The van der Waals surface area contributed by atoms with Crippen LogP contribution in [0.4, 0.5) is 0 Å². The second-order valence-electron chi connectivity index (χ2n) is 8.20. The Morgan fingerprint density at radius 1 is 1.15 bits per heavy atom. The summed E-state index contributed by atoms with van der Waals surface area (Å²) in [6, 6.07) is 19.7. The minimum Gasteiger partial charge on any atom is -0.467 e. The van der Waals surface area contributed by atoms with E-state index in [1.807, 2.05) is 48.5 Å². The van der Waals surface area contributed by atoms with E-state index in [1.165, 1.54) is 17.3 Å². The van der Waals surface area contributed by atoms with Gasteiger partial charge < -0.3 is 13.7 Å². The molecule has 0 spiro atoms. The molecule has 3 heterocycles. The average Bonchev–Trinajstić information content (AvgIpc) is 3.60. The van der Waals surface area contributed by atoms with E-state index in [0.29, 0.717) is 19.6 Å². The van der Waals surface area contributed by atoms with E-state index in [9.17, 15) is 4.79 Å². The summed E-state index contributed by atoms with van der Waals surface area (Å²) in [5, 5.41) is 7.10. The highest BCUT2D eigenvalue weighted by atomic mass is 32.2. The third-order valence-electron chi connectivity index (χ3n) is 5.89. The molecular weight excluding hydrogens is 448 g/mol.